The zero-order chi connectivity index (χ0) is 14.5. The number of carbonyl (C=O) groups is 2. The number of piperidine rings is 1. The number of amides is 1. The third-order valence-corrected chi connectivity index (χ3v) is 4.17. The minimum atomic E-state index is -0.210. The number of likely N-dealkylation sites (tertiary alicyclic amines) is 1. The summed E-state index contributed by atoms with van der Waals surface area (Å²) in [6, 6.07) is 0. The highest BCUT2D eigenvalue weighted by Gasteiger charge is 2.31. The van der Waals surface area contributed by atoms with Gasteiger partial charge in [0, 0.05) is 13.1 Å². The number of ether oxygens (including phenoxy) is 1. The first-order valence-corrected chi connectivity index (χ1v) is 7.71. The molecule has 2 heterocycles. The summed E-state index contributed by atoms with van der Waals surface area (Å²) in [4.78, 5) is 26.6. The van der Waals surface area contributed by atoms with E-state index in [1.807, 2.05) is 6.92 Å². The SMILES string of the molecule is CCOC(=O)[C@@H]1CCCN(C(=O)c2snnc2CC)C1. The summed E-state index contributed by atoms with van der Waals surface area (Å²) in [5.74, 6) is -0.479. The predicted molar refractivity (Wildman–Crippen MR) is 74.5 cm³/mol. The lowest BCUT2D eigenvalue weighted by atomic mass is 9.98. The average Bonchev–Trinajstić information content (AvgIpc) is 2.95. The number of carbonyl (C=O) groups excluding carboxylic acids is 2. The van der Waals surface area contributed by atoms with E-state index in [1.54, 1.807) is 11.8 Å². The molecule has 1 amide bonds. The van der Waals surface area contributed by atoms with E-state index in [9.17, 15) is 9.59 Å². The zero-order valence-corrected chi connectivity index (χ0v) is 12.6. The van der Waals surface area contributed by atoms with E-state index in [0.29, 0.717) is 31.0 Å². The van der Waals surface area contributed by atoms with Crippen LogP contribution in [-0.2, 0) is 16.0 Å². The molecular weight excluding hydrogens is 278 g/mol. The number of hydrogen-bond donors (Lipinski definition) is 0. The number of rotatable bonds is 4. The molecule has 6 nitrogen and oxygen atoms in total. The highest BCUT2D eigenvalue weighted by atomic mass is 32.1. The molecule has 2 rings (SSSR count). The van der Waals surface area contributed by atoms with Crippen molar-refractivity contribution in [3.05, 3.63) is 10.6 Å². The van der Waals surface area contributed by atoms with Gasteiger partial charge < -0.3 is 9.64 Å². The van der Waals surface area contributed by atoms with Crippen LogP contribution in [0.5, 0.6) is 0 Å². The quantitative estimate of drug-likeness (QED) is 0.788. The van der Waals surface area contributed by atoms with E-state index in [-0.39, 0.29) is 17.8 Å². The summed E-state index contributed by atoms with van der Waals surface area (Å²) in [7, 11) is 0. The van der Waals surface area contributed by atoms with Crippen LogP contribution < -0.4 is 0 Å². The van der Waals surface area contributed by atoms with Crippen LogP contribution in [0.2, 0.25) is 0 Å². The Hall–Kier alpha value is -1.50. The lowest BCUT2D eigenvalue weighted by Gasteiger charge is -2.31. The van der Waals surface area contributed by atoms with Crippen molar-refractivity contribution in [1.82, 2.24) is 14.5 Å². The van der Waals surface area contributed by atoms with Crippen molar-refractivity contribution >= 4 is 23.4 Å². The highest BCUT2D eigenvalue weighted by molar-refractivity contribution is 7.08. The maximum atomic E-state index is 12.5. The van der Waals surface area contributed by atoms with E-state index < -0.39 is 0 Å². The number of hydrogen-bond acceptors (Lipinski definition) is 6. The Morgan fingerprint density at radius 2 is 2.25 bits per heavy atom. The van der Waals surface area contributed by atoms with Gasteiger partial charge in [-0.15, -0.1) is 5.10 Å². The summed E-state index contributed by atoms with van der Waals surface area (Å²) in [6.45, 7) is 5.22. The number of aromatic nitrogens is 2. The first-order chi connectivity index (χ1) is 9.67. The van der Waals surface area contributed by atoms with Crippen LogP contribution in [0.4, 0.5) is 0 Å². The van der Waals surface area contributed by atoms with Gasteiger partial charge in [0.05, 0.1) is 18.2 Å². The predicted octanol–water partition coefficient (Wildman–Crippen LogP) is 1.52. The van der Waals surface area contributed by atoms with Gasteiger partial charge in [-0.25, -0.2) is 0 Å². The molecule has 0 N–H and O–H groups in total. The first-order valence-electron chi connectivity index (χ1n) is 6.94. The second kappa shape index (κ2) is 6.78. The Morgan fingerprint density at radius 3 is 2.95 bits per heavy atom. The fraction of sp³-hybridized carbons (Fsp3) is 0.692. The molecule has 0 spiro atoms. The third-order valence-electron chi connectivity index (χ3n) is 3.41. The molecule has 0 aromatic carbocycles. The van der Waals surface area contributed by atoms with Crippen molar-refractivity contribution in [3.63, 3.8) is 0 Å². The van der Waals surface area contributed by atoms with Gasteiger partial charge in [-0.1, -0.05) is 11.4 Å². The van der Waals surface area contributed by atoms with E-state index in [4.69, 9.17) is 4.74 Å². The Balaban J connectivity index is 2.05. The molecule has 1 atom stereocenters. The lowest BCUT2D eigenvalue weighted by molar-refractivity contribution is -0.149. The van der Waals surface area contributed by atoms with E-state index in [2.05, 4.69) is 9.59 Å². The number of aryl methyl sites for hydroxylation is 1. The minimum Gasteiger partial charge on any atom is -0.466 e. The van der Waals surface area contributed by atoms with Crippen molar-refractivity contribution in [3.8, 4) is 0 Å². The number of nitrogens with zero attached hydrogens (tertiary/aromatic N) is 3. The van der Waals surface area contributed by atoms with Gasteiger partial charge in [0.25, 0.3) is 5.91 Å². The molecule has 0 radical (unpaired) electrons. The molecule has 7 heteroatoms. The van der Waals surface area contributed by atoms with Gasteiger partial charge >= 0.3 is 5.97 Å². The second-order valence-electron chi connectivity index (χ2n) is 4.74. The summed E-state index contributed by atoms with van der Waals surface area (Å²) >= 11 is 1.13. The van der Waals surface area contributed by atoms with Crippen molar-refractivity contribution < 1.29 is 14.3 Å². The van der Waals surface area contributed by atoms with Crippen LogP contribution in [0.15, 0.2) is 0 Å². The average molecular weight is 297 g/mol. The first kappa shape index (κ1) is 14.9. The van der Waals surface area contributed by atoms with Crippen LogP contribution in [0.1, 0.15) is 42.1 Å². The molecule has 0 saturated carbocycles. The monoisotopic (exact) mass is 297 g/mol. The zero-order valence-electron chi connectivity index (χ0n) is 11.8. The third kappa shape index (κ3) is 3.15. The smallest absolute Gasteiger partial charge is 0.310 e. The normalized spacial score (nSPS) is 18.9. The van der Waals surface area contributed by atoms with Crippen LogP contribution in [0.3, 0.4) is 0 Å². The van der Waals surface area contributed by atoms with E-state index in [1.165, 1.54) is 0 Å². The Kier molecular flexibility index (Phi) is 5.05. The molecule has 0 bridgehead atoms. The molecule has 1 aliphatic heterocycles. The summed E-state index contributed by atoms with van der Waals surface area (Å²) in [5.41, 5.74) is 0.734. The fourth-order valence-corrected chi connectivity index (χ4v) is 3.08. The fourth-order valence-electron chi connectivity index (χ4n) is 2.36. The topological polar surface area (TPSA) is 72.4 Å². The van der Waals surface area contributed by atoms with Gasteiger partial charge in [-0.05, 0) is 37.7 Å². The Bertz CT molecular complexity index is 489. The van der Waals surface area contributed by atoms with Crippen molar-refractivity contribution in [2.45, 2.75) is 33.1 Å². The Labute approximate surface area is 122 Å². The van der Waals surface area contributed by atoms with E-state index in [0.717, 1.165) is 30.1 Å². The van der Waals surface area contributed by atoms with Crippen molar-refractivity contribution in [1.29, 1.82) is 0 Å². The Morgan fingerprint density at radius 1 is 1.45 bits per heavy atom. The van der Waals surface area contributed by atoms with Crippen LogP contribution in [0.25, 0.3) is 0 Å². The number of esters is 1. The highest BCUT2D eigenvalue weighted by Crippen LogP contribution is 2.22. The molecule has 1 saturated heterocycles. The van der Waals surface area contributed by atoms with Gasteiger partial charge in [-0.3, -0.25) is 9.59 Å². The van der Waals surface area contributed by atoms with Gasteiger partial charge in [-0.2, -0.15) is 0 Å². The molecule has 20 heavy (non-hydrogen) atoms. The molecule has 1 aromatic rings. The molecule has 0 aliphatic carbocycles. The second-order valence-corrected chi connectivity index (χ2v) is 5.50. The van der Waals surface area contributed by atoms with E-state index >= 15 is 0 Å². The molecular formula is C13H19N3O3S. The molecule has 110 valence electrons. The molecule has 1 fully saturated rings. The van der Waals surface area contributed by atoms with Crippen molar-refractivity contribution in [2.24, 2.45) is 5.92 Å². The lowest BCUT2D eigenvalue weighted by Crippen LogP contribution is -2.42. The summed E-state index contributed by atoms with van der Waals surface area (Å²) in [6.07, 6.45) is 2.29. The van der Waals surface area contributed by atoms with Crippen LogP contribution in [-0.4, -0.2) is 46.1 Å². The molecule has 1 aromatic heterocycles. The van der Waals surface area contributed by atoms with Gasteiger partial charge in [0.1, 0.15) is 4.88 Å². The van der Waals surface area contributed by atoms with Crippen LogP contribution >= 0.6 is 11.5 Å². The van der Waals surface area contributed by atoms with Crippen LogP contribution in [0, 0.1) is 5.92 Å². The standard InChI is InChI=1S/C13H19N3O3S/c1-3-10-11(20-15-14-10)12(17)16-7-5-6-9(8-16)13(18)19-4-2/h9H,3-8H2,1-2H3/t9-/m1/s1. The maximum Gasteiger partial charge on any atom is 0.310 e. The molecule has 1 aliphatic rings. The maximum absolute atomic E-state index is 12.5. The van der Waals surface area contributed by atoms with Gasteiger partial charge in [0.2, 0.25) is 0 Å². The van der Waals surface area contributed by atoms with Gasteiger partial charge in [0.15, 0.2) is 0 Å². The molecule has 0 unspecified atom stereocenters. The summed E-state index contributed by atoms with van der Waals surface area (Å²) in [5, 5.41) is 3.96. The van der Waals surface area contributed by atoms with Crippen molar-refractivity contribution in [2.75, 3.05) is 19.7 Å². The minimum absolute atomic E-state index is 0.0640. The largest absolute Gasteiger partial charge is 0.466 e. The summed E-state index contributed by atoms with van der Waals surface area (Å²) < 4.78 is 8.89.